The topological polar surface area (TPSA) is 55.1 Å². The first-order valence-electron chi connectivity index (χ1n) is 7.10. The van der Waals surface area contributed by atoms with Gasteiger partial charge in [-0.05, 0) is 33.6 Å². The Labute approximate surface area is 156 Å². The van der Waals surface area contributed by atoms with Crippen molar-refractivity contribution in [1.29, 1.82) is 0 Å². The monoisotopic (exact) mass is 422 g/mol. The Morgan fingerprint density at radius 3 is 2.62 bits per heavy atom. The molecule has 0 atom stereocenters. The predicted octanol–water partition coefficient (Wildman–Crippen LogP) is 4.86. The van der Waals surface area contributed by atoms with Gasteiger partial charge in [0.1, 0.15) is 4.64 Å². The first-order chi connectivity index (χ1) is 11.5. The highest BCUT2D eigenvalue weighted by Gasteiger charge is 2.12. The molecule has 0 spiro atoms. The minimum absolute atomic E-state index is 0.156. The van der Waals surface area contributed by atoms with E-state index in [4.69, 9.17) is 28.9 Å². The molecule has 7 heteroatoms. The van der Waals surface area contributed by atoms with Gasteiger partial charge >= 0.3 is 5.97 Å². The standard InChI is InChI=1S/C17H12BrClN2O2S/c18-13-6-5-10(7-14(13)19)9-21-17(24)12-4-2-1-3-11(12)15(20-21)8-16(22)23/h1-7H,8-9H2,(H,22,23). The highest BCUT2D eigenvalue weighted by Crippen LogP contribution is 2.24. The second-order valence-electron chi connectivity index (χ2n) is 5.27. The van der Waals surface area contributed by atoms with Crippen LogP contribution >= 0.6 is 39.7 Å². The summed E-state index contributed by atoms with van der Waals surface area (Å²) in [5.41, 5.74) is 1.43. The number of carboxylic acids is 1. The second-order valence-corrected chi connectivity index (χ2v) is 6.92. The van der Waals surface area contributed by atoms with Crippen LogP contribution in [-0.2, 0) is 17.8 Å². The van der Waals surface area contributed by atoms with E-state index >= 15 is 0 Å². The van der Waals surface area contributed by atoms with Gasteiger partial charge in [-0.2, -0.15) is 5.10 Å². The lowest BCUT2D eigenvalue weighted by Gasteiger charge is -2.12. The molecular formula is C17H12BrClN2O2S. The molecule has 0 fully saturated rings. The molecular weight excluding hydrogens is 412 g/mol. The number of benzene rings is 2. The molecule has 122 valence electrons. The van der Waals surface area contributed by atoms with Crippen LogP contribution in [0.1, 0.15) is 11.3 Å². The van der Waals surface area contributed by atoms with Gasteiger partial charge in [-0.25, -0.2) is 4.68 Å². The van der Waals surface area contributed by atoms with Gasteiger partial charge in [-0.1, -0.05) is 54.2 Å². The Morgan fingerprint density at radius 1 is 1.25 bits per heavy atom. The van der Waals surface area contributed by atoms with E-state index < -0.39 is 5.97 Å². The Balaban J connectivity index is 2.13. The molecule has 1 N–H and O–H groups in total. The van der Waals surface area contributed by atoms with E-state index in [-0.39, 0.29) is 6.42 Å². The van der Waals surface area contributed by atoms with Gasteiger partial charge in [0.2, 0.25) is 0 Å². The van der Waals surface area contributed by atoms with Crippen molar-refractivity contribution in [3.05, 3.63) is 67.9 Å². The average molecular weight is 424 g/mol. The van der Waals surface area contributed by atoms with E-state index in [0.29, 0.717) is 21.9 Å². The predicted molar refractivity (Wildman–Crippen MR) is 100 cm³/mol. The lowest BCUT2D eigenvalue weighted by Crippen LogP contribution is -2.13. The SMILES string of the molecule is O=C(O)Cc1nn(Cc2ccc(Br)c(Cl)c2)c(=S)c2ccccc12. The fourth-order valence-electron chi connectivity index (χ4n) is 2.50. The smallest absolute Gasteiger partial charge is 0.309 e. The summed E-state index contributed by atoms with van der Waals surface area (Å²) < 4.78 is 3.03. The minimum atomic E-state index is -0.928. The maximum atomic E-state index is 11.2. The van der Waals surface area contributed by atoms with Crippen LogP contribution < -0.4 is 0 Å². The van der Waals surface area contributed by atoms with Crippen molar-refractivity contribution in [3.8, 4) is 0 Å². The molecule has 0 saturated carbocycles. The summed E-state index contributed by atoms with van der Waals surface area (Å²) in [7, 11) is 0. The third kappa shape index (κ3) is 3.50. The number of rotatable bonds is 4. The summed E-state index contributed by atoms with van der Waals surface area (Å²) in [6.45, 7) is 0.420. The number of halogens is 2. The van der Waals surface area contributed by atoms with Crippen LogP contribution in [0.5, 0.6) is 0 Å². The highest BCUT2D eigenvalue weighted by atomic mass is 79.9. The van der Waals surface area contributed by atoms with Crippen LogP contribution in [0.15, 0.2) is 46.9 Å². The largest absolute Gasteiger partial charge is 0.481 e. The van der Waals surface area contributed by atoms with E-state index in [1.165, 1.54) is 0 Å². The first-order valence-corrected chi connectivity index (χ1v) is 8.68. The third-order valence-corrected chi connectivity index (χ3v) is 5.24. The van der Waals surface area contributed by atoms with Gasteiger partial charge in [-0.15, -0.1) is 0 Å². The van der Waals surface area contributed by atoms with E-state index in [2.05, 4.69) is 21.0 Å². The van der Waals surface area contributed by atoms with E-state index in [1.54, 1.807) is 4.68 Å². The van der Waals surface area contributed by atoms with Gasteiger partial charge in [0.15, 0.2) is 0 Å². The fraction of sp³-hybridized carbons (Fsp3) is 0.118. The van der Waals surface area contributed by atoms with Crippen LogP contribution in [-0.4, -0.2) is 20.9 Å². The van der Waals surface area contributed by atoms with Gasteiger partial charge in [0, 0.05) is 15.2 Å². The number of hydrogen-bond donors (Lipinski definition) is 1. The lowest BCUT2D eigenvalue weighted by molar-refractivity contribution is -0.136. The Hall–Kier alpha value is -1.76. The lowest BCUT2D eigenvalue weighted by atomic mass is 10.1. The number of nitrogens with zero attached hydrogens (tertiary/aromatic N) is 2. The summed E-state index contributed by atoms with van der Waals surface area (Å²) in [6.07, 6.45) is -0.156. The minimum Gasteiger partial charge on any atom is -0.481 e. The molecule has 0 amide bonds. The summed E-state index contributed by atoms with van der Waals surface area (Å²) in [4.78, 5) is 11.2. The maximum absolute atomic E-state index is 11.2. The molecule has 0 bridgehead atoms. The normalized spacial score (nSPS) is 10.9. The number of carboxylic acid groups (broad SMARTS) is 1. The molecule has 0 saturated heterocycles. The molecule has 3 rings (SSSR count). The van der Waals surface area contributed by atoms with Crippen molar-refractivity contribution < 1.29 is 9.90 Å². The number of carbonyl (C=O) groups is 1. The second kappa shape index (κ2) is 7.01. The molecule has 2 aromatic carbocycles. The number of fused-ring (bicyclic) bond motifs is 1. The zero-order valence-electron chi connectivity index (χ0n) is 12.4. The van der Waals surface area contributed by atoms with Crippen LogP contribution in [0.25, 0.3) is 10.8 Å². The summed E-state index contributed by atoms with van der Waals surface area (Å²) in [6, 6.07) is 13.1. The van der Waals surface area contributed by atoms with Gasteiger partial charge < -0.3 is 5.11 Å². The van der Waals surface area contributed by atoms with Crippen molar-refractivity contribution in [2.24, 2.45) is 0 Å². The highest BCUT2D eigenvalue weighted by molar-refractivity contribution is 9.10. The van der Waals surface area contributed by atoms with Gasteiger partial charge in [-0.3, -0.25) is 4.79 Å². The summed E-state index contributed by atoms with van der Waals surface area (Å²) >= 11 is 15.0. The molecule has 0 aliphatic rings. The molecule has 0 unspecified atom stereocenters. The molecule has 3 aromatic rings. The van der Waals surface area contributed by atoms with Crippen molar-refractivity contribution in [2.45, 2.75) is 13.0 Å². The Morgan fingerprint density at radius 2 is 1.96 bits per heavy atom. The molecule has 4 nitrogen and oxygen atoms in total. The summed E-state index contributed by atoms with van der Waals surface area (Å²) in [5.74, 6) is -0.928. The Kier molecular flexibility index (Phi) is 4.99. The number of aliphatic carboxylic acids is 1. The fourth-order valence-corrected chi connectivity index (χ4v) is 3.23. The van der Waals surface area contributed by atoms with Crippen molar-refractivity contribution >= 4 is 56.5 Å². The van der Waals surface area contributed by atoms with Crippen molar-refractivity contribution in [3.63, 3.8) is 0 Å². The molecule has 0 aliphatic heterocycles. The van der Waals surface area contributed by atoms with E-state index in [9.17, 15) is 4.79 Å². The molecule has 1 aromatic heterocycles. The zero-order chi connectivity index (χ0) is 17.3. The Bertz CT molecular complexity index is 1000. The first kappa shape index (κ1) is 17.1. The van der Waals surface area contributed by atoms with E-state index in [1.807, 2.05) is 42.5 Å². The molecule has 0 radical (unpaired) electrons. The van der Waals surface area contributed by atoms with Crippen LogP contribution in [0, 0.1) is 4.64 Å². The third-order valence-electron chi connectivity index (χ3n) is 3.58. The van der Waals surface area contributed by atoms with Gasteiger partial charge in [0.25, 0.3) is 0 Å². The maximum Gasteiger partial charge on any atom is 0.309 e. The number of hydrogen-bond acceptors (Lipinski definition) is 3. The summed E-state index contributed by atoms with van der Waals surface area (Å²) in [5, 5.41) is 15.8. The van der Waals surface area contributed by atoms with Crippen LogP contribution in [0.4, 0.5) is 0 Å². The zero-order valence-corrected chi connectivity index (χ0v) is 15.5. The van der Waals surface area contributed by atoms with Crippen LogP contribution in [0.3, 0.4) is 0 Å². The molecule has 24 heavy (non-hydrogen) atoms. The van der Waals surface area contributed by atoms with Crippen LogP contribution in [0.2, 0.25) is 5.02 Å². The average Bonchev–Trinajstić information content (AvgIpc) is 2.55. The molecule has 1 heterocycles. The quantitative estimate of drug-likeness (QED) is 0.609. The van der Waals surface area contributed by atoms with Crippen molar-refractivity contribution in [1.82, 2.24) is 9.78 Å². The van der Waals surface area contributed by atoms with Gasteiger partial charge in [0.05, 0.1) is 23.7 Å². The number of aromatic nitrogens is 2. The van der Waals surface area contributed by atoms with E-state index in [0.717, 1.165) is 20.8 Å². The molecule has 0 aliphatic carbocycles. The van der Waals surface area contributed by atoms with Crippen molar-refractivity contribution in [2.75, 3.05) is 0 Å².